The van der Waals surface area contributed by atoms with Gasteiger partial charge in [-0.25, -0.2) is 14.8 Å². The summed E-state index contributed by atoms with van der Waals surface area (Å²) in [5.74, 6) is 0.286. The van der Waals surface area contributed by atoms with Crippen molar-refractivity contribution in [1.29, 1.82) is 0 Å². The molecular formula is C17H14N2O4. The van der Waals surface area contributed by atoms with Gasteiger partial charge in [-0.05, 0) is 43.3 Å². The topological polar surface area (TPSA) is 85.5 Å². The van der Waals surface area contributed by atoms with Gasteiger partial charge in [-0.3, -0.25) is 0 Å². The zero-order chi connectivity index (χ0) is 16.2. The fraction of sp³-hybridized carbons (Fsp3) is 0.118. The summed E-state index contributed by atoms with van der Waals surface area (Å²) in [6.07, 6.45) is 3.15. The summed E-state index contributed by atoms with van der Waals surface area (Å²) < 4.78 is 10.6. The van der Waals surface area contributed by atoms with Crippen LogP contribution < -0.4 is 4.74 Å². The molecule has 3 rings (SSSR count). The predicted molar refractivity (Wildman–Crippen MR) is 83.3 cm³/mol. The number of aromatic carboxylic acids is 1. The van der Waals surface area contributed by atoms with E-state index in [4.69, 9.17) is 9.15 Å². The largest absolute Gasteiger partial charge is 0.493 e. The van der Waals surface area contributed by atoms with Crippen molar-refractivity contribution in [3.05, 3.63) is 54.4 Å². The van der Waals surface area contributed by atoms with Crippen molar-refractivity contribution < 1.29 is 19.1 Å². The molecule has 1 aromatic carbocycles. The van der Waals surface area contributed by atoms with E-state index in [9.17, 15) is 9.90 Å². The quantitative estimate of drug-likeness (QED) is 0.776. The highest BCUT2D eigenvalue weighted by atomic mass is 16.5. The van der Waals surface area contributed by atoms with Gasteiger partial charge >= 0.3 is 5.97 Å². The number of nitrogens with zero attached hydrogens (tertiary/aromatic N) is 2. The van der Waals surface area contributed by atoms with E-state index in [-0.39, 0.29) is 5.56 Å². The van der Waals surface area contributed by atoms with E-state index in [1.807, 2.05) is 0 Å². The average molecular weight is 310 g/mol. The number of carboxylic acids is 1. The number of carboxylic acid groups (broad SMARTS) is 1. The summed E-state index contributed by atoms with van der Waals surface area (Å²) in [5.41, 5.74) is 1.38. The number of rotatable bonds is 5. The van der Waals surface area contributed by atoms with E-state index in [0.717, 1.165) is 0 Å². The van der Waals surface area contributed by atoms with Crippen LogP contribution in [-0.4, -0.2) is 27.7 Å². The lowest BCUT2D eigenvalue weighted by Gasteiger charge is -2.09. The smallest absolute Gasteiger partial charge is 0.339 e. The molecule has 0 bridgehead atoms. The van der Waals surface area contributed by atoms with Gasteiger partial charge in [0.25, 0.3) is 0 Å². The monoisotopic (exact) mass is 310 g/mol. The molecule has 6 heteroatoms. The van der Waals surface area contributed by atoms with Crippen LogP contribution in [0.4, 0.5) is 0 Å². The number of furan rings is 1. The van der Waals surface area contributed by atoms with Crippen molar-refractivity contribution >= 4 is 5.97 Å². The number of hydrogen-bond donors (Lipinski definition) is 1. The maximum atomic E-state index is 11.4. The summed E-state index contributed by atoms with van der Waals surface area (Å²) in [6.45, 7) is 2.20. The molecule has 0 amide bonds. The zero-order valence-electron chi connectivity index (χ0n) is 12.4. The molecule has 23 heavy (non-hydrogen) atoms. The minimum Gasteiger partial charge on any atom is -0.493 e. The van der Waals surface area contributed by atoms with Gasteiger partial charge in [-0.1, -0.05) is 0 Å². The van der Waals surface area contributed by atoms with Gasteiger partial charge in [0.05, 0.1) is 18.6 Å². The third-order valence-electron chi connectivity index (χ3n) is 3.20. The lowest BCUT2D eigenvalue weighted by atomic mass is 10.1. The molecule has 0 atom stereocenters. The molecule has 0 aliphatic heterocycles. The minimum atomic E-state index is -1.05. The Morgan fingerprint density at radius 1 is 1.30 bits per heavy atom. The third-order valence-corrected chi connectivity index (χ3v) is 3.20. The molecule has 1 N–H and O–H groups in total. The second-order valence-electron chi connectivity index (χ2n) is 4.69. The van der Waals surface area contributed by atoms with E-state index >= 15 is 0 Å². The van der Waals surface area contributed by atoms with Crippen LogP contribution in [-0.2, 0) is 0 Å². The average Bonchev–Trinajstić information content (AvgIpc) is 3.10. The number of benzene rings is 1. The van der Waals surface area contributed by atoms with Crippen LogP contribution in [0.3, 0.4) is 0 Å². The van der Waals surface area contributed by atoms with E-state index in [0.29, 0.717) is 35.2 Å². The highest BCUT2D eigenvalue weighted by Gasteiger charge is 2.14. The maximum absolute atomic E-state index is 11.4. The lowest BCUT2D eigenvalue weighted by Crippen LogP contribution is -2.03. The Hall–Kier alpha value is -3.15. The normalized spacial score (nSPS) is 10.5. The first-order valence-electron chi connectivity index (χ1n) is 7.06. The molecule has 0 fully saturated rings. The van der Waals surface area contributed by atoms with Gasteiger partial charge in [-0.2, -0.15) is 0 Å². The first-order chi connectivity index (χ1) is 11.2. The molecule has 2 aromatic heterocycles. The SMILES string of the molecule is CCOc1ccc(-c2ccnc(-c3ccco3)n2)cc1C(=O)O. The predicted octanol–water partition coefficient (Wildman–Crippen LogP) is 3.50. The van der Waals surface area contributed by atoms with E-state index < -0.39 is 5.97 Å². The number of aromatic nitrogens is 2. The summed E-state index contributed by atoms with van der Waals surface area (Å²) >= 11 is 0. The van der Waals surface area contributed by atoms with Crippen LogP contribution in [0.25, 0.3) is 22.8 Å². The highest BCUT2D eigenvalue weighted by Crippen LogP contribution is 2.27. The first kappa shape index (κ1) is 14.8. The molecule has 0 spiro atoms. The van der Waals surface area contributed by atoms with Gasteiger partial charge in [0.15, 0.2) is 11.6 Å². The summed E-state index contributed by atoms with van der Waals surface area (Å²) in [7, 11) is 0. The van der Waals surface area contributed by atoms with Crippen molar-refractivity contribution in [2.24, 2.45) is 0 Å². The van der Waals surface area contributed by atoms with E-state index in [1.165, 1.54) is 0 Å². The molecule has 116 valence electrons. The van der Waals surface area contributed by atoms with Gasteiger partial charge in [-0.15, -0.1) is 0 Å². The highest BCUT2D eigenvalue weighted by molar-refractivity contribution is 5.92. The van der Waals surface area contributed by atoms with Crippen molar-refractivity contribution in [3.8, 4) is 28.6 Å². The van der Waals surface area contributed by atoms with E-state index in [1.54, 1.807) is 55.8 Å². The van der Waals surface area contributed by atoms with Crippen LogP contribution in [0.5, 0.6) is 5.75 Å². The Labute approximate surface area is 132 Å². The molecule has 2 heterocycles. The molecule has 0 aliphatic rings. The van der Waals surface area contributed by atoms with E-state index in [2.05, 4.69) is 9.97 Å². The van der Waals surface area contributed by atoms with Crippen molar-refractivity contribution in [2.75, 3.05) is 6.61 Å². The van der Waals surface area contributed by atoms with Crippen molar-refractivity contribution in [2.45, 2.75) is 6.92 Å². The van der Waals surface area contributed by atoms with Crippen LogP contribution in [0, 0.1) is 0 Å². The Balaban J connectivity index is 2.03. The summed E-state index contributed by atoms with van der Waals surface area (Å²) in [4.78, 5) is 20.0. The fourth-order valence-corrected chi connectivity index (χ4v) is 2.18. The Morgan fingerprint density at radius 2 is 2.17 bits per heavy atom. The van der Waals surface area contributed by atoms with Gasteiger partial charge in [0.2, 0.25) is 0 Å². The fourth-order valence-electron chi connectivity index (χ4n) is 2.18. The number of carbonyl (C=O) groups is 1. The van der Waals surface area contributed by atoms with Crippen LogP contribution in [0.15, 0.2) is 53.3 Å². The lowest BCUT2D eigenvalue weighted by molar-refractivity contribution is 0.0692. The summed E-state index contributed by atoms with van der Waals surface area (Å²) in [6, 6.07) is 10.2. The van der Waals surface area contributed by atoms with Crippen molar-refractivity contribution in [1.82, 2.24) is 9.97 Å². The molecule has 0 saturated carbocycles. The molecule has 0 unspecified atom stereocenters. The molecule has 0 aliphatic carbocycles. The van der Waals surface area contributed by atoms with Crippen LogP contribution in [0.1, 0.15) is 17.3 Å². The van der Waals surface area contributed by atoms with Crippen LogP contribution in [0.2, 0.25) is 0 Å². The second kappa shape index (κ2) is 6.31. The molecule has 0 saturated heterocycles. The maximum Gasteiger partial charge on any atom is 0.339 e. The minimum absolute atomic E-state index is 0.0995. The zero-order valence-corrected chi connectivity index (χ0v) is 12.4. The molecular weight excluding hydrogens is 296 g/mol. The Kier molecular flexibility index (Phi) is 4.05. The number of hydrogen-bond acceptors (Lipinski definition) is 5. The third kappa shape index (κ3) is 3.06. The Bertz CT molecular complexity index is 828. The first-order valence-corrected chi connectivity index (χ1v) is 7.06. The molecule has 6 nitrogen and oxygen atoms in total. The van der Waals surface area contributed by atoms with Gasteiger partial charge in [0.1, 0.15) is 11.3 Å². The van der Waals surface area contributed by atoms with Gasteiger partial charge < -0.3 is 14.3 Å². The number of ether oxygens (including phenoxy) is 1. The summed E-state index contributed by atoms with van der Waals surface area (Å²) in [5, 5.41) is 9.34. The van der Waals surface area contributed by atoms with Crippen molar-refractivity contribution in [3.63, 3.8) is 0 Å². The standard InChI is InChI=1S/C17H14N2O4/c1-2-22-14-6-5-11(10-12(14)17(20)21)13-7-8-18-16(19-13)15-4-3-9-23-15/h3-10H,2H2,1H3,(H,20,21). The molecule has 3 aromatic rings. The van der Waals surface area contributed by atoms with Crippen LogP contribution >= 0.6 is 0 Å². The Morgan fingerprint density at radius 3 is 2.87 bits per heavy atom. The van der Waals surface area contributed by atoms with Gasteiger partial charge in [0, 0.05) is 11.8 Å². The molecule has 0 radical (unpaired) electrons. The second-order valence-corrected chi connectivity index (χ2v) is 4.69.